The Balaban J connectivity index is 0.00000392. The Morgan fingerprint density at radius 2 is 2.07 bits per heavy atom. The smallest absolute Gasteiger partial charge is 0.231 e. The first-order chi connectivity index (χ1) is 13.0. The Bertz CT molecular complexity index is 651. The number of aliphatic imine (C=N–C) groups is 1. The zero-order chi connectivity index (χ0) is 19.6. The molecule has 0 saturated carbocycles. The zero-order valence-electron chi connectivity index (χ0n) is 16.5. The van der Waals surface area contributed by atoms with Gasteiger partial charge in [-0.1, -0.05) is 6.07 Å². The van der Waals surface area contributed by atoms with Gasteiger partial charge in [0.1, 0.15) is 0 Å². The van der Waals surface area contributed by atoms with Crippen molar-refractivity contribution < 1.29 is 13.9 Å². The van der Waals surface area contributed by atoms with Gasteiger partial charge < -0.3 is 21.1 Å². The molecule has 0 spiro atoms. The Morgan fingerprint density at radius 3 is 2.64 bits per heavy atom. The van der Waals surface area contributed by atoms with Crippen LogP contribution in [0.15, 0.2) is 23.2 Å². The van der Waals surface area contributed by atoms with Gasteiger partial charge in [0.15, 0.2) is 17.5 Å². The van der Waals surface area contributed by atoms with E-state index in [-0.39, 0.29) is 47.5 Å². The third-order valence-electron chi connectivity index (χ3n) is 4.37. The highest BCUT2D eigenvalue weighted by molar-refractivity contribution is 14.0. The van der Waals surface area contributed by atoms with Crippen molar-refractivity contribution in [1.82, 2.24) is 15.5 Å². The lowest BCUT2D eigenvalue weighted by atomic mass is 10.1. The summed E-state index contributed by atoms with van der Waals surface area (Å²) < 4.78 is 19.2. The first-order valence-corrected chi connectivity index (χ1v) is 9.48. The lowest BCUT2D eigenvalue weighted by Gasteiger charge is -2.32. The van der Waals surface area contributed by atoms with Crippen LogP contribution in [0.1, 0.15) is 32.3 Å². The van der Waals surface area contributed by atoms with E-state index in [1.807, 2.05) is 19.9 Å². The number of piperidine rings is 1. The van der Waals surface area contributed by atoms with Crippen LogP contribution in [0.25, 0.3) is 0 Å². The molecule has 1 amide bonds. The third kappa shape index (κ3) is 8.17. The van der Waals surface area contributed by atoms with Gasteiger partial charge in [-0.2, -0.15) is 0 Å². The van der Waals surface area contributed by atoms with Gasteiger partial charge in [-0.15, -0.1) is 24.0 Å². The first kappa shape index (κ1) is 24.4. The largest absolute Gasteiger partial charge is 0.491 e. The summed E-state index contributed by atoms with van der Waals surface area (Å²) in [5, 5.41) is 6.65. The van der Waals surface area contributed by atoms with E-state index in [2.05, 4.69) is 20.5 Å². The Morgan fingerprint density at radius 1 is 1.36 bits per heavy atom. The molecule has 1 aliphatic heterocycles. The number of carbonyl (C=O) groups excluding carboxylic acids is 1. The molecule has 1 aliphatic rings. The van der Waals surface area contributed by atoms with E-state index in [1.54, 1.807) is 6.07 Å². The number of halogens is 2. The average Bonchev–Trinajstić information content (AvgIpc) is 2.63. The summed E-state index contributed by atoms with van der Waals surface area (Å²) in [5.74, 6) is 0.307. The van der Waals surface area contributed by atoms with Gasteiger partial charge in [0, 0.05) is 25.7 Å². The van der Waals surface area contributed by atoms with Gasteiger partial charge in [0.25, 0.3) is 0 Å². The van der Waals surface area contributed by atoms with Crippen molar-refractivity contribution in [3.05, 3.63) is 29.6 Å². The fourth-order valence-corrected chi connectivity index (χ4v) is 3.05. The molecule has 4 N–H and O–H groups in total. The number of ether oxygens (including phenoxy) is 1. The molecule has 9 heteroatoms. The molecule has 1 heterocycles. The second-order valence-electron chi connectivity index (χ2n) is 6.55. The molecule has 0 aliphatic carbocycles. The topological polar surface area (TPSA) is 92.0 Å². The van der Waals surface area contributed by atoms with Crippen LogP contribution in [-0.4, -0.2) is 55.6 Å². The van der Waals surface area contributed by atoms with Crippen molar-refractivity contribution >= 4 is 35.8 Å². The average molecular weight is 507 g/mol. The van der Waals surface area contributed by atoms with E-state index in [9.17, 15) is 9.18 Å². The maximum absolute atomic E-state index is 14.0. The van der Waals surface area contributed by atoms with E-state index in [4.69, 9.17) is 10.5 Å². The van der Waals surface area contributed by atoms with Crippen LogP contribution in [0.5, 0.6) is 5.75 Å². The second-order valence-corrected chi connectivity index (χ2v) is 6.55. The number of rotatable bonds is 8. The zero-order valence-corrected chi connectivity index (χ0v) is 18.9. The summed E-state index contributed by atoms with van der Waals surface area (Å²) in [6.45, 7) is 7.33. The minimum Gasteiger partial charge on any atom is -0.491 e. The SMILES string of the molecule is CCNC(=NCc1ccc(OCC)c(F)c1)NC1CCN(CC(N)=O)CC1.I. The van der Waals surface area contributed by atoms with Crippen molar-refractivity contribution in [2.45, 2.75) is 39.3 Å². The molecule has 0 radical (unpaired) electrons. The number of guanidine groups is 1. The minimum absolute atomic E-state index is 0. The van der Waals surface area contributed by atoms with Crippen LogP contribution in [-0.2, 0) is 11.3 Å². The highest BCUT2D eigenvalue weighted by atomic mass is 127. The van der Waals surface area contributed by atoms with Crippen molar-refractivity contribution in [2.24, 2.45) is 10.7 Å². The van der Waals surface area contributed by atoms with Crippen LogP contribution < -0.4 is 21.1 Å². The molecule has 1 aromatic rings. The van der Waals surface area contributed by atoms with Crippen LogP contribution in [0.2, 0.25) is 0 Å². The fraction of sp³-hybridized carbons (Fsp3) is 0.579. The molecule has 28 heavy (non-hydrogen) atoms. The van der Waals surface area contributed by atoms with Crippen molar-refractivity contribution in [3.8, 4) is 5.75 Å². The maximum Gasteiger partial charge on any atom is 0.231 e. The number of hydrogen-bond acceptors (Lipinski definition) is 4. The standard InChI is InChI=1S/C19H30FN5O2.HI/c1-3-22-19(24-15-7-9-25(10-8-15)13-18(21)26)23-12-14-5-6-17(27-4-2)16(20)11-14;/h5-6,11,15H,3-4,7-10,12-13H2,1-2H3,(H2,21,26)(H2,22,23,24);1H. The molecule has 0 atom stereocenters. The molecule has 0 bridgehead atoms. The lowest BCUT2D eigenvalue weighted by Crippen LogP contribution is -2.49. The summed E-state index contributed by atoms with van der Waals surface area (Å²) in [6, 6.07) is 5.20. The maximum atomic E-state index is 14.0. The molecule has 2 rings (SSSR count). The molecular formula is C19H31FIN5O2. The summed E-state index contributed by atoms with van der Waals surface area (Å²) in [4.78, 5) is 17.6. The van der Waals surface area contributed by atoms with Gasteiger partial charge in [-0.3, -0.25) is 9.69 Å². The molecule has 1 saturated heterocycles. The summed E-state index contributed by atoms with van der Waals surface area (Å²) >= 11 is 0. The highest BCUT2D eigenvalue weighted by Gasteiger charge is 2.20. The quantitative estimate of drug-likeness (QED) is 0.284. The number of nitrogens with one attached hydrogen (secondary N) is 2. The van der Waals surface area contributed by atoms with Gasteiger partial charge in [0.05, 0.1) is 19.7 Å². The molecule has 0 aromatic heterocycles. The number of benzene rings is 1. The fourth-order valence-electron chi connectivity index (χ4n) is 3.05. The third-order valence-corrected chi connectivity index (χ3v) is 4.37. The molecule has 7 nitrogen and oxygen atoms in total. The Kier molecular flexibility index (Phi) is 11.1. The molecule has 158 valence electrons. The van der Waals surface area contributed by atoms with E-state index in [0.29, 0.717) is 25.7 Å². The summed E-state index contributed by atoms with van der Waals surface area (Å²) in [5.41, 5.74) is 6.03. The number of primary amides is 1. The van der Waals surface area contributed by atoms with Crippen molar-refractivity contribution in [1.29, 1.82) is 0 Å². The Labute approximate surface area is 183 Å². The molecule has 0 unspecified atom stereocenters. The molecule has 1 aromatic carbocycles. The second kappa shape index (κ2) is 12.8. The first-order valence-electron chi connectivity index (χ1n) is 9.48. The summed E-state index contributed by atoms with van der Waals surface area (Å²) in [7, 11) is 0. The number of nitrogens with two attached hydrogens (primary N) is 1. The number of hydrogen-bond donors (Lipinski definition) is 3. The van der Waals surface area contributed by atoms with Crippen LogP contribution in [0.4, 0.5) is 4.39 Å². The van der Waals surface area contributed by atoms with Gasteiger partial charge in [-0.05, 0) is 44.4 Å². The molecule has 1 fully saturated rings. The number of carbonyl (C=O) groups is 1. The van der Waals surface area contributed by atoms with Gasteiger partial charge >= 0.3 is 0 Å². The minimum atomic E-state index is -0.371. The molecular weight excluding hydrogens is 476 g/mol. The number of amides is 1. The van der Waals surface area contributed by atoms with E-state index in [0.717, 1.165) is 38.0 Å². The predicted molar refractivity (Wildman–Crippen MR) is 120 cm³/mol. The summed E-state index contributed by atoms with van der Waals surface area (Å²) in [6.07, 6.45) is 1.82. The van der Waals surface area contributed by atoms with E-state index < -0.39 is 0 Å². The normalized spacial score (nSPS) is 15.6. The van der Waals surface area contributed by atoms with Gasteiger partial charge in [-0.25, -0.2) is 9.38 Å². The predicted octanol–water partition coefficient (Wildman–Crippen LogP) is 1.85. The van der Waals surface area contributed by atoms with Gasteiger partial charge in [0.2, 0.25) is 5.91 Å². The van der Waals surface area contributed by atoms with E-state index in [1.165, 1.54) is 6.07 Å². The Hall–Kier alpha value is -1.62. The van der Waals surface area contributed by atoms with Crippen LogP contribution in [0, 0.1) is 5.82 Å². The van der Waals surface area contributed by atoms with E-state index >= 15 is 0 Å². The number of nitrogens with zero attached hydrogens (tertiary/aromatic N) is 2. The monoisotopic (exact) mass is 507 g/mol. The number of likely N-dealkylation sites (tertiary alicyclic amines) is 1. The van der Waals surface area contributed by atoms with Crippen molar-refractivity contribution in [3.63, 3.8) is 0 Å². The van der Waals surface area contributed by atoms with Crippen LogP contribution >= 0.6 is 24.0 Å². The van der Waals surface area contributed by atoms with Crippen LogP contribution in [0.3, 0.4) is 0 Å². The highest BCUT2D eigenvalue weighted by Crippen LogP contribution is 2.18. The van der Waals surface area contributed by atoms with Crippen molar-refractivity contribution in [2.75, 3.05) is 32.8 Å². The lowest BCUT2D eigenvalue weighted by molar-refractivity contribution is -0.119.